The van der Waals surface area contributed by atoms with Gasteiger partial charge in [0.05, 0.1) is 11.0 Å². The molecule has 3 aromatic rings. The van der Waals surface area contributed by atoms with Crippen molar-refractivity contribution in [1.82, 2.24) is 0 Å². The predicted octanol–water partition coefficient (Wildman–Crippen LogP) is 5.64. The summed E-state index contributed by atoms with van der Waals surface area (Å²) in [4.78, 5) is 23.2. The summed E-state index contributed by atoms with van der Waals surface area (Å²) in [5, 5.41) is 14.2. The molecule has 0 radical (unpaired) electrons. The van der Waals surface area contributed by atoms with Gasteiger partial charge in [-0.05, 0) is 31.5 Å². The zero-order valence-corrected chi connectivity index (χ0v) is 15.9. The molecule has 0 amide bonds. The van der Waals surface area contributed by atoms with Crippen molar-refractivity contribution < 1.29 is 9.72 Å². The van der Waals surface area contributed by atoms with Crippen molar-refractivity contribution in [3.8, 4) is 0 Å². The fraction of sp³-hybridized carbons (Fsp3) is 0.174. The molecule has 0 saturated heterocycles. The molecule has 0 saturated carbocycles. The molecule has 0 aliphatic rings. The van der Waals surface area contributed by atoms with Crippen LogP contribution in [0, 0.1) is 24.0 Å². The summed E-state index contributed by atoms with van der Waals surface area (Å²) in [6.07, 6.45) is 0.281. The lowest BCUT2D eigenvalue weighted by Gasteiger charge is -2.20. The van der Waals surface area contributed by atoms with Gasteiger partial charge >= 0.3 is 0 Å². The first-order valence-electron chi connectivity index (χ1n) is 9.10. The summed E-state index contributed by atoms with van der Waals surface area (Å²) >= 11 is 0. The van der Waals surface area contributed by atoms with E-state index in [0.717, 1.165) is 22.4 Å². The van der Waals surface area contributed by atoms with Crippen molar-refractivity contribution in [2.24, 2.45) is 0 Å². The molecule has 0 bridgehead atoms. The van der Waals surface area contributed by atoms with Crippen LogP contribution in [0.15, 0.2) is 72.8 Å². The molecule has 5 nitrogen and oxygen atoms in total. The molecule has 5 heteroatoms. The number of nitrogens with one attached hydrogen (secondary N) is 1. The van der Waals surface area contributed by atoms with Crippen molar-refractivity contribution >= 4 is 17.2 Å². The number of nitro groups is 1. The van der Waals surface area contributed by atoms with E-state index in [2.05, 4.69) is 5.32 Å². The van der Waals surface area contributed by atoms with Gasteiger partial charge in [0.25, 0.3) is 5.69 Å². The Bertz CT molecular complexity index is 962. The van der Waals surface area contributed by atoms with Crippen molar-refractivity contribution in [2.75, 3.05) is 5.32 Å². The second-order valence-electron chi connectivity index (χ2n) is 6.90. The number of carbonyl (C=O) groups excluding carboxylic acids is 1. The van der Waals surface area contributed by atoms with Gasteiger partial charge in [0.15, 0.2) is 5.78 Å². The van der Waals surface area contributed by atoms with Gasteiger partial charge in [-0.15, -0.1) is 0 Å². The fourth-order valence-electron chi connectivity index (χ4n) is 2.97. The van der Waals surface area contributed by atoms with Crippen molar-refractivity contribution in [3.63, 3.8) is 0 Å². The largest absolute Gasteiger partial charge is 0.378 e. The molecule has 28 heavy (non-hydrogen) atoms. The third-order valence-corrected chi connectivity index (χ3v) is 4.66. The summed E-state index contributed by atoms with van der Waals surface area (Å²) in [6.45, 7) is 4.00. The van der Waals surface area contributed by atoms with E-state index in [0.29, 0.717) is 5.56 Å². The first kappa shape index (κ1) is 19.3. The van der Waals surface area contributed by atoms with E-state index in [1.807, 2.05) is 62.4 Å². The number of Topliss-reactive ketones (excluding diaryl/α,β-unsaturated/α-hetero) is 1. The minimum absolute atomic E-state index is 0.0353. The molecule has 3 rings (SSSR count). The number of benzene rings is 3. The van der Waals surface area contributed by atoms with E-state index < -0.39 is 4.92 Å². The first-order chi connectivity index (χ1) is 13.4. The molecule has 0 aliphatic heterocycles. The number of anilines is 1. The van der Waals surface area contributed by atoms with E-state index in [-0.39, 0.29) is 23.9 Å². The predicted molar refractivity (Wildman–Crippen MR) is 111 cm³/mol. The van der Waals surface area contributed by atoms with E-state index in [4.69, 9.17) is 0 Å². The Hall–Kier alpha value is -3.47. The number of hydrogen-bond acceptors (Lipinski definition) is 4. The van der Waals surface area contributed by atoms with E-state index in [9.17, 15) is 14.9 Å². The number of nitro benzene ring substituents is 1. The molecule has 1 unspecified atom stereocenters. The highest BCUT2D eigenvalue weighted by Crippen LogP contribution is 2.26. The third-order valence-electron chi connectivity index (χ3n) is 4.66. The average molecular weight is 374 g/mol. The number of carbonyl (C=O) groups is 1. The van der Waals surface area contributed by atoms with Gasteiger partial charge < -0.3 is 5.32 Å². The van der Waals surface area contributed by atoms with Crippen LogP contribution in [0.5, 0.6) is 0 Å². The Balaban J connectivity index is 1.84. The molecular formula is C23H22N2O3. The van der Waals surface area contributed by atoms with Crippen LogP contribution >= 0.6 is 0 Å². The highest BCUT2D eigenvalue weighted by Gasteiger charge is 2.18. The topological polar surface area (TPSA) is 72.2 Å². The number of nitrogens with zero attached hydrogens (tertiary/aromatic N) is 1. The summed E-state index contributed by atoms with van der Waals surface area (Å²) in [6, 6.07) is 21.6. The minimum atomic E-state index is -0.428. The molecule has 0 spiro atoms. The molecular weight excluding hydrogens is 352 g/mol. The summed E-state index contributed by atoms with van der Waals surface area (Å²) in [5.74, 6) is 0.0417. The number of hydrogen-bond donors (Lipinski definition) is 1. The van der Waals surface area contributed by atoms with Crippen molar-refractivity contribution in [3.05, 3.63) is 105 Å². The highest BCUT2D eigenvalue weighted by molar-refractivity contribution is 5.96. The van der Waals surface area contributed by atoms with E-state index >= 15 is 0 Å². The molecule has 3 aromatic carbocycles. The Morgan fingerprint density at radius 2 is 1.43 bits per heavy atom. The van der Waals surface area contributed by atoms with Crippen LogP contribution in [-0.2, 0) is 0 Å². The molecule has 0 heterocycles. The Kier molecular flexibility index (Phi) is 5.84. The van der Waals surface area contributed by atoms with Crippen molar-refractivity contribution in [2.45, 2.75) is 26.3 Å². The molecule has 0 fully saturated rings. The lowest BCUT2D eigenvalue weighted by Crippen LogP contribution is -2.16. The van der Waals surface area contributed by atoms with Crippen LogP contribution in [0.4, 0.5) is 11.4 Å². The molecule has 1 N–H and O–H groups in total. The third kappa shape index (κ3) is 4.82. The van der Waals surface area contributed by atoms with Gasteiger partial charge in [0.1, 0.15) is 0 Å². The van der Waals surface area contributed by atoms with Crippen LogP contribution in [0.2, 0.25) is 0 Å². The van der Waals surface area contributed by atoms with Crippen LogP contribution in [-0.4, -0.2) is 10.7 Å². The molecule has 0 aromatic heterocycles. The molecule has 1 atom stereocenters. The van der Waals surface area contributed by atoms with Crippen LogP contribution < -0.4 is 5.32 Å². The maximum atomic E-state index is 12.8. The fourth-order valence-corrected chi connectivity index (χ4v) is 2.97. The SMILES string of the molecule is Cc1ccc(C(=O)CC(Nc2ccc([N+](=O)[O-])cc2)c2ccc(C)cc2)cc1. The summed E-state index contributed by atoms with van der Waals surface area (Å²) in [7, 11) is 0. The van der Waals surface area contributed by atoms with Crippen LogP contribution in [0.1, 0.15) is 39.5 Å². The van der Waals surface area contributed by atoms with E-state index in [1.165, 1.54) is 12.1 Å². The highest BCUT2D eigenvalue weighted by atomic mass is 16.6. The Morgan fingerprint density at radius 1 is 0.893 bits per heavy atom. The number of rotatable bonds is 7. The maximum Gasteiger partial charge on any atom is 0.269 e. The zero-order chi connectivity index (χ0) is 20.1. The summed E-state index contributed by atoms with van der Waals surface area (Å²) < 4.78 is 0. The quantitative estimate of drug-likeness (QED) is 0.330. The monoisotopic (exact) mass is 374 g/mol. The van der Waals surface area contributed by atoms with Gasteiger partial charge in [-0.25, -0.2) is 0 Å². The smallest absolute Gasteiger partial charge is 0.269 e. The average Bonchev–Trinajstić information content (AvgIpc) is 2.69. The van der Waals surface area contributed by atoms with Crippen LogP contribution in [0.3, 0.4) is 0 Å². The van der Waals surface area contributed by atoms with E-state index in [1.54, 1.807) is 12.1 Å². The minimum Gasteiger partial charge on any atom is -0.378 e. The zero-order valence-electron chi connectivity index (χ0n) is 15.9. The number of non-ortho nitro benzene ring substituents is 1. The summed E-state index contributed by atoms with van der Waals surface area (Å²) in [5.41, 5.74) is 4.68. The lowest BCUT2D eigenvalue weighted by molar-refractivity contribution is -0.384. The maximum absolute atomic E-state index is 12.8. The number of ketones is 1. The Morgan fingerprint density at radius 3 is 1.96 bits per heavy atom. The van der Waals surface area contributed by atoms with Gasteiger partial charge in [-0.1, -0.05) is 59.7 Å². The van der Waals surface area contributed by atoms with Gasteiger partial charge in [0, 0.05) is 29.8 Å². The van der Waals surface area contributed by atoms with Gasteiger partial charge in [0.2, 0.25) is 0 Å². The normalized spacial score (nSPS) is 11.6. The van der Waals surface area contributed by atoms with Crippen LogP contribution in [0.25, 0.3) is 0 Å². The van der Waals surface area contributed by atoms with Gasteiger partial charge in [-0.2, -0.15) is 0 Å². The van der Waals surface area contributed by atoms with Gasteiger partial charge in [-0.3, -0.25) is 14.9 Å². The lowest BCUT2D eigenvalue weighted by atomic mass is 9.96. The van der Waals surface area contributed by atoms with Crippen molar-refractivity contribution in [1.29, 1.82) is 0 Å². The number of aryl methyl sites for hydroxylation is 2. The first-order valence-corrected chi connectivity index (χ1v) is 9.10. The molecule has 142 valence electrons. The second-order valence-corrected chi connectivity index (χ2v) is 6.90. The molecule has 0 aliphatic carbocycles. The second kappa shape index (κ2) is 8.48. The standard InChI is InChI=1S/C23H22N2O3/c1-16-3-7-18(8-4-16)22(15-23(26)19-9-5-17(2)6-10-19)24-20-11-13-21(14-12-20)25(27)28/h3-14,22,24H,15H2,1-2H3. The Labute approximate surface area is 164 Å².